The molecule has 9 nitrogen and oxygen atoms in total. The number of benzene rings is 1. The van der Waals surface area contributed by atoms with Crippen molar-refractivity contribution in [3.8, 4) is 0 Å². The molecule has 0 bridgehead atoms. The standard InChI is InChI=1S/C26H31BrN7O2P/c1-26(15-17-20-10-11-29-34(20)13-12-33(2)21(17)14-23(26)36-3)32-25-28-16-18(27)24(31-25)30-19-8-6-7-9-22(19)37(4,5)35/h6-11,14,16H,12-13,15H2,1-5H3,(H2,28,30,31,32). The Kier molecular flexibility index (Phi) is 6.66. The lowest BCUT2D eigenvalue weighted by Gasteiger charge is -2.38. The summed E-state index contributed by atoms with van der Waals surface area (Å²) in [4.78, 5) is 11.6. The van der Waals surface area contributed by atoms with Crippen molar-refractivity contribution >= 4 is 51.4 Å². The molecule has 1 aliphatic carbocycles. The van der Waals surface area contributed by atoms with Gasteiger partial charge in [-0.1, -0.05) is 12.1 Å². The molecule has 11 heteroatoms. The van der Waals surface area contributed by atoms with Gasteiger partial charge in [-0.05, 0) is 54.4 Å². The molecule has 3 aromatic rings. The molecule has 1 atom stereocenters. The molecule has 0 amide bonds. The predicted octanol–water partition coefficient (Wildman–Crippen LogP) is 4.89. The van der Waals surface area contributed by atoms with Crippen molar-refractivity contribution in [2.45, 2.75) is 25.4 Å². The van der Waals surface area contributed by atoms with Crippen LogP contribution in [0.5, 0.6) is 0 Å². The Morgan fingerprint density at radius 3 is 2.73 bits per heavy atom. The smallest absolute Gasteiger partial charge is 0.225 e. The van der Waals surface area contributed by atoms with Crippen molar-refractivity contribution < 1.29 is 9.30 Å². The number of hydrogen-bond donors (Lipinski definition) is 2. The van der Waals surface area contributed by atoms with Crippen molar-refractivity contribution in [1.82, 2.24) is 24.6 Å². The van der Waals surface area contributed by atoms with Gasteiger partial charge in [-0.2, -0.15) is 10.1 Å². The van der Waals surface area contributed by atoms with Gasteiger partial charge in [0.05, 0.1) is 35.0 Å². The molecule has 0 spiro atoms. The summed E-state index contributed by atoms with van der Waals surface area (Å²) in [5.74, 6) is 1.83. The minimum atomic E-state index is -2.49. The molecular weight excluding hydrogens is 553 g/mol. The summed E-state index contributed by atoms with van der Waals surface area (Å²) in [6, 6.07) is 9.66. The van der Waals surface area contributed by atoms with E-state index in [0.717, 1.165) is 41.2 Å². The van der Waals surface area contributed by atoms with Crippen LogP contribution in [0.3, 0.4) is 0 Å². The van der Waals surface area contributed by atoms with Crippen molar-refractivity contribution in [3.63, 3.8) is 0 Å². The lowest BCUT2D eigenvalue weighted by molar-refractivity contribution is 0.233. The Morgan fingerprint density at radius 1 is 1.19 bits per heavy atom. The highest BCUT2D eigenvalue weighted by Gasteiger charge is 2.39. The summed E-state index contributed by atoms with van der Waals surface area (Å²) in [5, 5.41) is 12.2. The number of anilines is 3. The number of nitrogens with one attached hydrogen (secondary N) is 2. The number of rotatable bonds is 6. The number of allylic oxidation sites excluding steroid dienone is 1. The maximum atomic E-state index is 12.9. The largest absolute Gasteiger partial charge is 0.499 e. The van der Waals surface area contributed by atoms with Gasteiger partial charge in [0.15, 0.2) is 0 Å². The highest BCUT2D eigenvalue weighted by molar-refractivity contribution is 9.10. The number of para-hydroxylation sites is 1. The zero-order valence-corrected chi connectivity index (χ0v) is 24.1. The second kappa shape index (κ2) is 9.65. The summed E-state index contributed by atoms with van der Waals surface area (Å²) >= 11 is 3.56. The summed E-state index contributed by atoms with van der Waals surface area (Å²) in [5.41, 5.74) is 3.60. The maximum absolute atomic E-state index is 12.9. The van der Waals surface area contributed by atoms with Gasteiger partial charge in [0, 0.05) is 55.1 Å². The quantitative estimate of drug-likeness (QED) is 0.396. The van der Waals surface area contributed by atoms with E-state index in [1.165, 1.54) is 5.57 Å². The van der Waals surface area contributed by atoms with Crippen LogP contribution in [0.4, 0.5) is 17.5 Å². The summed E-state index contributed by atoms with van der Waals surface area (Å²) in [7, 11) is 1.30. The molecule has 194 valence electrons. The Bertz CT molecular complexity index is 1460. The monoisotopic (exact) mass is 583 g/mol. The third-order valence-corrected chi connectivity index (χ3v) is 8.95. The van der Waals surface area contributed by atoms with E-state index in [1.807, 2.05) is 30.5 Å². The molecule has 2 aliphatic rings. The van der Waals surface area contributed by atoms with Crippen molar-refractivity contribution in [2.75, 3.05) is 44.7 Å². The first kappa shape index (κ1) is 25.5. The van der Waals surface area contributed by atoms with Crippen LogP contribution < -0.4 is 15.9 Å². The number of hydrogen-bond acceptors (Lipinski definition) is 8. The Morgan fingerprint density at radius 2 is 1.97 bits per heavy atom. The lowest BCUT2D eigenvalue weighted by Crippen LogP contribution is -2.41. The normalized spacial score (nSPS) is 19.5. The first-order chi connectivity index (χ1) is 17.6. The third-order valence-electron chi connectivity index (χ3n) is 6.82. The number of methoxy groups -OCH3 is 1. The van der Waals surface area contributed by atoms with Gasteiger partial charge in [0.1, 0.15) is 18.7 Å². The van der Waals surface area contributed by atoms with Crippen LogP contribution in [-0.4, -0.2) is 64.2 Å². The van der Waals surface area contributed by atoms with E-state index < -0.39 is 12.7 Å². The van der Waals surface area contributed by atoms with Gasteiger partial charge in [-0.15, -0.1) is 0 Å². The summed E-state index contributed by atoms with van der Waals surface area (Å²) < 4.78 is 21.5. The molecule has 3 heterocycles. The third kappa shape index (κ3) is 4.92. The van der Waals surface area contributed by atoms with Gasteiger partial charge in [0.25, 0.3) is 0 Å². The van der Waals surface area contributed by atoms with Gasteiger partial charge in [0.2, 0.25) is 5.95 Å². The average Bonchev–Trinajstić information content (AvgIpc) is 3.28. The molecule has 0 fully saturated rings. The van der Waals surface area contributed by atoms with E-state index in [9.17, 15) is 4.57 Å². The number of ether oxygens (including phenoxy) is 1. The second-order valence-electron chi connectivity index (χ2n) is 9.95. The molecule has 5 rings (SSSR count). The van der Waals surface area contributed by atoms with Crippen molar-refractivity contribution in [2.24, 2.45) is 0 Å². The zero-order valence-electron chi connectivity index (χ0n) is 21.6. The summed E-state index contributed by atoms with van der Waals surface area (Å²) in [6.07, 6.45) is 6.32. The predicted molar refractivity (Wildman–Crippen MR) is 152 cm³/mol. The van der Waals surface area contributed by atoms with E-state index in [2.05, 4.69) is 72.3 Å². The molecule has 2 aromatic heterocycles. The van der Waals surface area contributed by atoms with Gasteiger partial charge in [-0.25, -0.2) is 4.98 Å². The van der Waals surface area contributed by atoms with Gasteiger partial charge in [-0.3, -0.25) is 4.68 Å². The van der Waals surface area contributed by atoms with Crippen LogP contribution in [0, 0.1) is 0 Å². The van der Waals surface area contributed by atoms with E-state index in [0.29, 0.717) is 22.7 Å². The Labute approximate surface area is 225 Å². The van der Waals surface area contributed by atoms with Gasteiger partial charge >= 0.3 is 0 Å². The number of likely N-dealkylation sites (N-methyl/N-ethyl adjacent to an activating group) is 1. The first-order valence-corrected chi connectivity index (χ1v) is 15.4. The SMILES string of the molecule is COC1=CC2=C(CC1(C)Nc1ncc(Br)c(Nc3ccccc3P(C)(C)=O)n1)c1ccnn1CCN2C. The van der Waals surface area contributed by atoms with Crippen molar-refractivity contribution in [1.29, 1.82) is 0 Å². The molecule has 1 aliphatic heterocycles. The van der Waals surface area contributed by atoms with E-state index in [4.69, 9.17) is 9.72 Å². The second-order valence-corrected chi connectivity index (χ2v) is 14.0. The number of halogens is 1. The maximum Gasteiger partial charge on any atom is 0.225 e. The van der Waals surface area contributed by atoms with Crippen LogP contribution in [0.2, 0.25) is 0 Å². The van der Waals surface area contributed by atoms with Crippen LogP contribution in [0.15, 0.2) is 64.7 Å². The first-order valence-electron chi connectivity index (χ1n) is 12.0. The van der Waals surface area contributed by atoms with Crippen LogP contribution in [0.1, 0.15) is 19.0 Å². The molecule has 37 heavy (non-hydrogen) atoms. The molecular formula is C26H31BrN7O2P. The zero-order chi connectivity index (χ0) is 26.4. The molecule has 2 N–H and O–H groups in total. The van der Waals surface area contributed by atoms with Crippen LogP contribution >= 0.6 is 23.1 Å². The van der Waals surface area contributed by atoms with Crippen molar-refractivity contribution in [3.05, 3.63) is 70.4 Å². The average molecular weight is 584 g/mol. The minimum absolute atomic E-state index is 0.448. The molecule has 0 radical (unpaired) electrons. The topological polar surface area (TPSA) is 97.2 Å². The highest BCUT2D eigenvalue weighted by Crippen LogP contribution is 2.42. The Hall–Kier alpha value is -3.10. The van der Waals surface area contributed by atoms with Gasteiger partial charge < -0.3 is 24.8 Å². The fraction of sp³-hybridized carbons (Fsp3) is 0.346. The molecule has 1 unspecified atom stereocenters. The number of fused-ring (bicyclic) bond motifs is 2. The highest BCUT2D eigenvalue weighted by atomic mass is 79.9. The minimum Gasteiger partial charge on any atom is -0.499 e. The molecule has 1 aromatic carbocycles. The number of nitrogens with zero attached hydrogens (tertiary/aromatic N) is 5. The van der Waals surface area contributed by atoms with Crippen LogP contribution in [-0.2, 0) is 15.8 Å². The lowest BCUT2D eigenvalue weighted by atomic mass is 9.83. The molecule has 0 saturated carbocycles. The number of aromatic nitrogens is 4. The fourth-order valence-corrected chi connectivity index (χ4v) is 6.37. The molecule has 0 saturated heterocycles. The van der Waals surface area contributed by atoms with E-state index in [-0.39, 0.29) is 0 Å². The van der Waals surface area contributed by atoms with E-state index >= 15 is 0 Å². The van der Waals surface area contributed by atoms with Crippen LogP contribution in [0.25, 0.3) is 5.57 Å². The Balaban J connectivity index is 1.48. The fourth-order valence-electron chi connectivity index (χ4n) is 4.92. The summed E-state index contributed by atoms with van der Waals surface area (Å²) in [6.45, 7) is 7.30. The van der Waals surface area contributed by atoms with E-state index in [1.54, 1.807) is 26.6 Å².